The van der Waals surface area contributed by atoms with Crippen molar-refractivity contribution in [3.63, 3.8) is 0 Å². The van der Waals surface area contributed by atoms with Crippen molar-refractivity contribution >= 4 is 29.1 Å². The van der Waals surface area contributed by atoms with Gasteiger partial charge in [-0.1, -0.05) is 11.6 Å². The van der Waals surface area contributed by atoms with E-state index in [4.69, 9.17) is 11.6 Å². The Hall–Kier alpha value is -4.29. The number of amides is 2. The molecule has 2 heterocycles. The van der Waals surface area contributed by atoms with Gasteiger partial charge in [0, 0.05) is 52.4 Å². The SMILES string of the molecule is Cn1ccnc1C(C)(O)c1cc(NC(=O)c2cc(F)cc(C(F)(F)F)c2)c2c(c1)C(=O)NC2c1cc(F)ccc1Cl. The summed E-state index contributed by atoms with van der Waals surface area (Å²) in [6, 6.07) is 6.45. The molecule has 0 fully saturated rings. The monoisotopic (exact) mass is 590 g/mol. The molecule has 2 unspecified atom stereocenters. The van der Waals surface area contributed by atoms with Crippen molar-refractivity contribution in [2.45, 2.75) is 24.7 Å². The molecule has 5 rings (SSSR count). The van der Waals surface area contributed by atoms with Crippen LogP contribution >= 0.6 is 11.6 Å². The third-order valence-corrected chi connectivity index (χ3v) is 7.16. The molecule has 2 atom stereocenters. The molecule has 2 amide bonds. The van der Waals surface area contributed by atoms with Crippen LogP contribution in [0.5, 0.6) is 0 Å². The van der Waals surface area contributed by atoms with Gasteiger partial charge in [-0.05, 0) is 61.0 Å². The summed E-state index contributed by atoms with van der Waals surface area (Å²) in [6.07, 6.45) is -1.90. The summed E-state index contributed by atoms with van der Waals surface area (Å²) in [4.78, 5) is 30.5. The zero-order chi connectivity index (χ0) is 29.9. The molecule has 1 aliphatic heterocycles. The van der Waals surface area contributed by atoms with E-state index in [1.54, 1.807) is 13.2 Å². The number of rotatable bonds is 5. The number of halogens is 6. The highest BCUT2D eigenvalue weighted by Crippen LogP contribution is 2.42. The highest BCUT2D eigenvalue weighted by atomic mass is 35.5. The van der Waals surface area contributed by atoms with Crippen LogP contribution in [0, 0.1) is 11.6 Å². The van der Waals surface area contributed by atoms with E-state index in [1.807, 2.05) is 0 Å². The first kappa shape index (κ1) is 28.2. The van der Waals surface area contributed by atoms with Gasteiger partial charge in [-0.15, -0.1) is 0 Å². The fourth-order valence-electron chi connectivity index (χ4n) is 4.83. The van der Waals surface area contributed by atoms with E-state index < -0.39 is 52.4 Å². The Morgan fingerprint density at radius 2 is 1.80 bits per heavy atom. The van der Waals surface area contributed by atoms with Crippen LogP contribution in [-0.4, -0.2) is 26.5 Å². The van der Waals surface area contributed by atoms with Crippen LogP contribution in [0.1, 0.15) is 61.8 Å². The Kier molecular flexibility index (Phi) is 6.86. The minimum absolute atomic E-state index is 0.0205. The van der Waals surface area contributed by atoms with Gasteiger partial charge in [0.05, 0.1) is 11.6 Å². The molecule has 1 aromatic heterocycles. The van der Waals surface area contributed by atoms with E-state index >= 15 is 0 Å². The number of anilines is 1. The summed E-state index contributed by atoms with van der Waals surface area (Å²) in [5.74, 6) is -3.55. The first-order valence-corrected chi connectivity index (χ1v) is 12.4. The second kappa shape index (κ2) is 9.96. The Balaban J connectivity index is 1.69. The number of aliphatic hydroxyl groups is 1. The number of carbonyl (C=O) groups is 2. The molecule has 212 valence electrons. The van der Waals surface area contributed by atoms with Crippen LogP contribution in [0.15, 0.2) is 60.9 Å². The summed E-state index contributed by atoms with van der Waals surface area (Å²) >= 11 is 6.31. The normalized spacial score (nSPS) is 16.2. The number of aromatic nitrogens is 2. The van der Waals surface area contributed by atoms with Crippen LogP contribution in [-0.2, 0) is 18.8 Å². The molecule has 0 saturated carbocycles. The zero-order valence-corrected chi connectivity index (χ0v) is 22.0. The molecule has 0 spiro atoms. The van der Waals surface area contributed by atoms with Crippen molar-refractivity contribution < 1.29 is 36.6 Å². The maximum Gasteiger partial charge on any atom is 0.416 e. The second-order valence-corrected chi connectivity index (χ2v) is 10.1. The molecular formula is C28H20ClF5N4O3. The molecule has 0 radical (unpaired) electrons. The quantitative estimate of drug-likeness (QED) is 0.259. The summed E-state index contributed by atoms with van der Waals surface area (Å²) in [5, 5.41) is 16.7. The lowest BCUT2D eigenvalue weighted by Gasteiger charge is -2.26. The van der Waals surface area contributed by atoms with Crippen LogP contribution in [0.2, 0.25) is 5.02 Å². The van der Waals surface area contributed by atoms with Crippen LogP contribution < -0.4 is 10.6 Å². The van der Waals surface area contributed by atoms with Gasteiger partial charge in [-0.25, -0.2) is 13.8 Å². The minimum Gasteiger partial charge on any atom is -0.377 e. The maximum absolute atomic E-state index is 14.2. The summed E-state index contributed by atoms with van der Waals surface area (Å²) in [7, 11) is 1.63. The average Bonchev–Trinajstić information content (AvgIpc) is 3.48. The number of aryl methyl sites for hydroxylation is 1. The van der Waals surface area contributed by atoms with E-state index in [0.29, 0.717) is 12.1 Å². The molecule has 0 saturated heterocycles. The Morgan fingerprint density at radius 1 is 1.07 bits per heavy atom. The number of fused-ring (bicyclic) bond motifs is 1. The van der Waals surface area contributed by atoms with E-state index in [-0.39, 0.29) is 44.9 Å². The largest absolute Gasteiger partial charge is 0.416 e. The number of alkyl halides is 3. The number of hydrogen-bond acceptors (Lipinski definition) is 4. The van der Waals surface area contributed by atoms with E-state index in [2.05, 4.69) is 15.6 Å². The van der Waals surface area contributed by atoms with Crippen LogP contribution in [0.3, 0.4) is 0 Å². The summed E-state index contributed by atoms with van der Waals surface area (Å²) < 4.78 is 69.7. The fraction of sp³-hybridized carbons (Fsp3) is 0.179. The molecule has 3 aromatic carbocycles. The van der Waals surface area contributed by atoms with Gasteiger partial charge in [-0.2, -0.15) is 13.2 Å². The van der Waals surface area contributed by atoms with Gasteiger partial charge in [0.1, 0.15) is 23.1 Å². The van der Waals surface area contributed by atoms with Gasteiger partial charge >= 0.3 is 6.18 Å². The predicted molar refractivity (Wildman–Crippen MR) is 138 cm³/mol. The first-order chi connectivity index (χ1) is 19.2. The lowest BCUT2D eigenvalue weighted by atomic mass is 9.88. The molecule has 41 heavy (non-hydrogen) atoms. The summed E-state index contributed by atoms with van der Waals surface area (Å²) in [5.41, 5.74) is -3.62. The highest BCUT2D eigenvalue weighted by Gasteiger charge is 2.39. The van der Waals surface area contributed by atoms with Gasteiger partial charge in [0.25, 0.3) is 11.8 Å². The van der Waals surface area contributed by atoms with Crippen LogP contribution in [0.4, 0.5) is 27.6 Å². The minimum atomic E-state index is -4.92. The van der Waals surface area contributed by atoms with Gasteiger partial charge in [0.2, 0.25) is 0 Å². The third kappa shape index (κ3) is 5.16. The fourth-order valence-corrected chi connectivity index (χ4v) is 5.06. The van der Waals surface area contributed by atoms with E-state index in [1.165, 1.54) is 35.9 Å². The number of imidazole rings is 1. The smallest absolute Gasteiger partial charge is 0.377 e. The Bertz CT molecular complexity index is 1720. The maximum atomic E-state index is 14.2. The van der Waals surface area contributed by atoms with E-state index in [9.17, 15) is 36.6 Å². The first-order valence-electron chi connectivity index (χ1n) is 12.0. The topological polar surface area (TPSA) is 96.2 Å². The number of hydrogen-bond donors (Lipinski definition) is 3. The van der Waals surface area contributed by atoms with Crippen molar-refractivity contribution in [2.75, 3.05) is 5.32 Å². The highest BCUT2D eigenvalue weighted by molar-refractivity contribution is 6.31. The number of carbonyl (C=O) groups excluding carboxylic acids is 2. The standard InChI is InChI=1S/C28H20ClF5N4O3/c1-27(41,26-35-5-6-38(26)2)14-10-19-22(23(37-25(19)40)18-12-16(30)3-4-20(18)29)21(11-14)36-24(39)13-7-15(28(32,33)34)9-17(31)8-13/h3-12,23,41H,1-2H3,(H,36,39)(H,37,40). The molecular weight excluding hydrogens is 571 g/mol. The molecule has 13 heteroatoms. The second-order valence-electron chi connectivity index (χ2n) is 9.67. The molecule has 7 nitrogen and oxygen atoms in total. The summed E-state index contributed by atoms with van der Waals surface area (Å²) in [6.45, 7) is 1.40. The predicted octanol–water partition coefficient (Wildman–Crippen LogP) is 5.71. The Labute approximate surface area is 234 Å². The Morgan fingerprint density at radius 3 is 2.46 bits per heavy atom. The lowest BCUT2D eigenvalue weighted by Crippen LogP contribution is -2.28. The van der Waals surface area contributed by atoms with Crippen molar-refractivity contribution in [3.05, 3.63) is 117 Å². The third-order valence-electron chi connectivity index (χ3n) is 6.81. The molecule has 4 aromatic rings. The zero-order valence-electron chi connectivity index (χ0n) is 21.3. The molecule has 1 aliphatic rings. The molecule has 0 aliphatic carbocycles. The van der Waals surface area contributed by atoms with Crippen molar-refractivity contribution in [2.24, 2.45) is 7.05 Å². The van der Waals surface area contributed by atoms with Gasteiger partial charge < -0.3 is 20.3 Å². The van der Waals surface area contributed by atoms with Crippen molar-refractivity contribution in [3.8, 4) is 0 Å². The van der Waals surface area contributed by atoms with Gasteiger partial charge in [0.15, 0.2) is 0 Å². The lowest BCUT2D eigenvalue weighted by molar-refractivity contribution is -0.137. The van der Waals surface area contributed by atoms with Gasteiger partial charge in [-0.3, -0.25) is 9.59 Å². The molecule has 0 bridgehead atoms. The van der Waals surface area contributed by atoms with Crippen molar-refractivity contribution in [1.29, 1.82) is 0 Å². The van der Waals surface area contributed by atoms with Crippen molar-refractivity contribution in [1.82, 2.24) is 14.9 Å². The van der Waals surface area contributed by atoms with E-state index in [0.717, 1.165) is 12.1 Å². The average molecular weight is 591 g/mol. The molecule has 3 N–H and O–H groups in total. The number of nitrogens with one attached hydrogen (secondary N) is 2. The van der Waals surface area contributed by atoms with Crippen LogP contribution in [0.25, 0.3) is 0 Å². The number of nitrogens with zero attached hydrogens (tertiary/aromatic N) is 2. The number of benzene rings is 3.